The van der Waals surface area contributed by atoms with Crippen molar-refractivity contribution in [2.45, 2.75) is 26.3 Å². The Morgan fingerprint density at radius 3 is 2.64 bits per heavy atom. The Morgan fingerprint density at radius 2 is 2.00 bits per heavy atom. The van der Waals surface area contributed by atoms with Crippen LogP contribution in [0.1, 0.15) is 48.0 Å². The van der Waals surface area contributed by atoms with E-state index in [0.29, 0.717) is 33.5 Å². The van der Waals surface area contributed by atoms with Gasteiger partial charge in [0.25, 0.3) is 5.91 Å². The van der Waals surface area contributed by atoms with Gasteiger partial charge in [0.2, 0.25) is 0 Å². The smallest absolute Gasteiger partial charge is 0.255 e. The Kier molecular flexibility index (Phi) is 4.96. The topological polar surface area (TPSA) is 130 Å². The molecule has 0 saturated carbocycles. The fraction of sp³-hybridized carbons (Fsp3) is 0.250. The lowest BCUT2D eigenvalue weighted by Crippen LogP contribution is -2.40. The molecule has 8 nitrogen and oxygen atoms in total. The highest BCUT2D eigenvalue weighted by atomic mass is 16.1. The van der Waals surface area contributed by atoms with Crippen LogP contribution in [-0.2, 0) is 0 Å². The van der Waals surface area contributed by atoms with Crippen LogP contribution in [0.3, 0.4) is 0 Å². The summed E-state index contributed by atoms with van der Waals surface area (Å²) in [6, 6.07) is 5.36. The Morgan fingerprint density at radius 1 is 1.25 bits per heavy atom. The molecule has 0 fully saturated rings. The van der Waals surface area contributed by atoms with Crippen LogP contribution in [0.2, 0.25) is 0 Å². The number of nitrogens with one attached hydrogen (secondary N) is 5. The van der Waals surface area contributed by atoms with E-state index >= 15 is 0 Å². The molecule has 0 bridgehead atoms. The van der Waals surface area contributed by atoms with Crippen molar-refractivity contribution < 1.29 is 4.79 Å². The summed E-state index contributed by atoms with van der Waals surface area (Å²) in [5, 5.41) is 22.0. The van der Waals surface area contributed by atoms with E-state index in [4.69, 9.17) is 10.8 Å². The molecule has 3 aromatic rings. The van der Waals surface area contributed by atoms with Crippen LogP contribution < -0.4 is 10.6 Å². The summed E-state index contributed by atoms with van der Waals surface area (Å²) in [4.78, 5) is 24.4. The number of H-pyrrole nitrogens is 1. The summed E-state index contributed by atoms with van der Waals surface area (Å²) in [6.07, 6.45) is 4.31. The Labute approximate surface area is 162 Å². The van der Waals surface area contributed by atoms with Gasteiger partial charge in [0.1, 0.15) is 11.2 Å². The number of carbonyl (C=O) groups is 1. The van der Waals surface area contributed by atoms with Gasteiger partial charge in [0.05, 0.1) is 17.5 Å². The average molecular weight is 377 g/mol. The zero-order chi connectivity index (χ0) is 20.5. The predicted molar refractivity (Wildman–Crippen MR) is 111 cm³/mol. The largest absolute Gasteiger partial charge is 0.388 e. The molecule has 28 heavy (non-hydrogen) atoms. The third kappa shape index (κ3) is 3.75. The minimum Gasteiger partial charge on any atom is -0.388 e. The van der Waals surface area contributed by atoms with Crippen molar-refractivity contribution in [2.24, 2.45) is 0 Å². The maximum absolute atomic E-state index is 12.6. The number of aromatic amines is 1. The Balaban J connectivity index is 2.05. The number of anilines is 1. The highest BCUT2D eigenvalue weighted by molar-refractivity contribution is 6.14. The van der Waals surface area contributed by atoms with Crippen molar-refractivity contribution in [1.82, 2.24) is 20.3 Å². The number of aromatic nitrogens is 3. The molecule has 5 N–H and O–H groups in total. The van der Waals surface area contributed by atoms with Gasteiger partial charge in [0.15, 0.2) is 5.65 Å². The number of rotatable bonds is 5. The molecule has 3 rings (SSSR count). The van der Waals surface area contributed by atoms with Crippen molar-refractivity contribution in [3.8, 4) is 0 Å². The number of amides is 1. The number of nitrogens with zero attached hydrogens (tertiary/aromatic N) is 2. The van der Waals surface area contributed by atoms with E-state index in [9.17, 15) is 4.79 Å². The van der Waals surface area contributed by atoms with Crippen LogP contribution in [0.25, 0.3) is 11.2 Å². The van der Waals surface area contributed by atoms with Crippen LogP contribution in [0.5, 0.6) is 0 Å². The van der Waals surface area contributed by atoms with E-state index in [0.717, 1.165) is 5.69 Å². The SMILES string of the molecule is CNc1ccc(C=N)cc1C(=N)c1cnc2[nH]cc(C(=O)NC(C)(C)C)c2n1. The van der Waals surface area contributed by atoms with Crippen molar-refractivity contribution in [1.29, 1.82) is 10.8 Å². The fourth-order valence-electron chi connectivity index (χ4n) is 2.81. The second-order valence-corrected chi connectivity index (χ2v) is 7.43. The van der Waals surface area contributed by atoms with E-state index in [1.54, 1.807) is 25.4 Å². The standard InChI is InChI=1S/C20H23N7O/c1-20(2,3)27-19(28)13-9-24-18-17(13)26-15(10-25-18)16(22)12-7-11(8-21)5-6-14(12)23-4/h5-10,21-23H,1-4H3,(H,24,25)(H,27,28). The first kappa shape index (κ1) is 19.2. The molecule has 0 spiro atoms. The first-order valence-electron chi connectivity index (χ1n) is 8.81. The molecule has 2 aromatic heterocycles. The van der Waals surface area contributed by atoms with Crippen LogP contribution >= 0.6 is 0 Å². The van der Waals surface area contributed by atoms with E-state index < -0.39 is 0 Å². The Bertz CT molecular complexity index is 1080. The van der Waals surface area contributed by atoms with Gasteiger partial charge in [-0.05, 0) is 38.5 Å². The van der Waals surface area contributed by atoms with Crippen LogP contribution in [0, 0.1) is 10.8 Å². The summed E-state index contributed by atoms with van der Waals surface area (Å²) >= 11 is 0. The number of hydrogen-bond acceptors (Lipinski definition) is 6. The van der Waals surface area contributed by atoms with Gasteiger partial charge in [-0.15, -0.1) is 0 Å². The molecule has 1 amide bonds. The molecule has 1 aromatic carbocycles. The first-order valence-corrected chi connectivity index (χ1v) is 8.81. The summed E-state index contributed by atoms with van der Waals surface area (Å²) in [5.41, 5.74) is 3.43. The first-order chi connectivity index (χ1) is 13.2. The number of benzene rings is 1. The van der Waals surface area contributed by atoms with Gasteiger partial charge < -0.3 is 21.0 Å². The predicted octanol–water partition coefficient (Wildman–Crippen LogP) is 2.94. The minimum atomic E-state index is -0.382. The van der Waals surface area contributed by atoms with Crippen molar-refractivity contribution in [3.63, 3.8) is 0 Å². The second-order valence-electron chi connectivity index (χ2n) is 7.43. The molecule has 144 valence electrons. The lowest BCUT2D eigenvalue weighted by atomic mass is 10.0. The van der Waals surface area contributed by atoms with Crippen LogP contribution in [0.15, 0.2) is 30.6 Å². The van der Waals surface area contributed by atoms with E-state index in [2.05, 4.69) is 25.6 Å². The van der Waals surface area contributed by atoms with E-state index in [1.165, 1.54) is 12.4 Å². The van der Waals surface area contributed by atoms with E-state index in [-0.39, 0.29) is 17.2 Å². The summed E-state index contributed by atoms with van der Waals surface area (Å²) in [5.74, 6) is -0.251. The summed E-state index contributed by atoms with van der Waals surface area (Å²) in [7, 11) is 1.77. The maximum atomic E-state index is 12.6. The molecule has 0 atom stereocenters. The highest BCUT2D eigenvalue weighted by Crippen LogP contribution is 2.21. The van der Waals surface area contributed by atoms with Gasteiger partial charge in [-0.1, -0.05) is 6.07 Å². The average Bonchev–Trinajstić information content (AvgIpc) is 3.08. The highest BCUT2D eigenvalue weighted by Gasteiger charge is 2.21. The third-order valence-electron chi connectivity index (χ3n) is 4.12. The molecule has 0 aliphatic rings. The molecular weight excluding hydrogens is 354 g/mol. The quantitative estimate of drug-likeness (QED) is 0.438. The van der Waals surface area contributed by atoms with E-state index in [1.807, 2.05) is 26.8 Å². The van der Waals surface area contributed by atoms with Crippen molar-refractivity contribution >= 4 is 34.7 Å². The zero-order valence-electron chi connectivity index (χ0n) is 16.3. The molecule has 2 heterocycles. The summed E-state index contributed by atoms with van der Waals surface area (Å²) in [6.45, 7) is 5.71. The zero-order valence-corrected chi connectivity index (χ0v) is 16.3. The Hall–Kier alpha value is -3.55. The molecule has 8 heteroatoms. The fourth-order valence-corrected chi connectivity index (χ4v) is 2.81. The van der Waals surface area contributed by atoms with Crippen LogP contribution in [0.4, 0.5) is 5.69 Å². The van der Waals surface area contributed by atoms with Gasteiger partial charge in [-0.25, -0.2) is 9.97 Å². The van der Waals surface area contributed by atoms with Gasteiger partial charge in [-0.3, -0.25) is 10.2 Å². The molecule has 0 radical (unpaired) electrons. The lowest BCUT2D eigenvalue weighted by Gasteiger charge is -2.20. The number of hydrogen-bond donors (Lipinski definition) is 5. The molecule has 0 aliphatic heterocycles. The van der Waals surface area contributed by atoms with Crippen molar-refractivity contribution in [2.75, 3.05) is 12.4 Å². The van der Waals surface area contributed by atoms with Gasteiger partial charge in [0, 0.05) is 36.2 Å². The van der Waals surface area contributed by atoms with Crippen LogP contribution in [-0.4, -0.2) is 45.4 Å². The molecule has 0 aliphatic carbocycles. The second kappa shape index (κ2) is 7.22. The number of carbonyl (C=O) groups excluding carboxylic acids is 1. The minimum absolute atomic E-state index is 0.158. The molecule has 0 unspecified atom stereocenters. The normalized spacial score (nSPS) is 11.3. The summed E-state index contributed by atoms with van der Waals surface area (Å²) < 4.78 is 0. The molecular formula is C20H23N7O. The number of fused-ring (bicyclic) bond motifs is 1. The lowest BCUT2D eigenvalue weighted by molar-refractivity contribution is 0.0921. The molecule has 0 saturated heterocycles. The van der Waals surface area contributed by atoms with Crippen molar-refractivity contribution in [3.05, 3.63) is 53.0 Å². The maximum Gasteiger partial charge on any atom is 0.255 e. The van der Waals surface area contributed by atoms with Gasteiger partial charge in [-0.2, -0.15) is 0 Å². The monoisotopic (exact) mass is 377 g/mol. The third-order valence-corrected chi connectivity index (χ3v) is 4.12. The van der Waals surface area contributed by atoms with Gasteiger partial charge >= 0.3 is 0 Å².